The van der Waals surface area contributed by atoms with E-state index in [0.717, 1.165) is 5.69 Å². The minimum atomic E-state index is -3.81. The van der Waals surface area contributed by atoms with Gasteiger partial charge in [-0.3, -0.25) is 9.48 Å². The Bertz CT molecular complexity index is 781. The first-order chi connectivity index (χ1) is 10.4. The molecule has 3 rings (SSSR count). The van der Waals surface area contributed by atoms with E-state index in [4.69, 9.17) is 4.42 Å². The fourth-order valence-electron chi connectivity index (χ4n) is 2.73. The molecule has 118 valence electrons. The molecule has 1 fully saturated rings. The van der Waals surface area contributed by atoms with E-state index < -0.39 is 22.1 Å². The van der Waals surface area contributed by atoms with Crippen LogP contribution in [0.15, 0.2) is 40.2 Å². The van der Waals surface area contributed by atoms with E-state index in [0.29, 0.717) is 0 Å². The van der Waals surface area contributed by atoms with Crippen LogP contribution in [0.2, 0.25) is 0 Å². The molecule has 0 radical (unpaired) electrons. The fourth-order valence-corrected chi connectivity index (χ4v) is 3.89. The minimum Gasteiger partial charge on any atom is -0.452 e. The molecule has 9 heteroatoms. The van der Waals surface area contributed by atoms with Crippen LogP contribution in [0, 0.1) is 0 Å². The second-order valence-corrected chi connectivity index (χ2v) is 6.84. The molecule has 2 aromatic heterocycles. The molecule has 3 heterocycles. The Balaban J connectivity index is 1.92. The number of nitrogens with zero attached hydrogens (tertiary/aromatic N) is 3. The van der Waals surface area contributed by atoms with Crippen molar-refractivity contribution >= 4 is 15.9 Å². The number of nitrogens with one attached hydrogen (secondary N) is 1. The smallest absolute Gasteiger partial charge is 0.274 e. The predicted octanol–water partition coefficient (Wildman–Crippen LogP) is 0.263. The van der Waals surface area contributed by atoms with E-state index in [9.17, 15) is 13.2 Å². The van der Waals surface area contributed by atoms with Gasteiger partial charge < -0.3 is 9.32 Å². The summed E-state index contributed by atoms with van der Waals surface area (Å²) in [7, 11) is -0.401. The number of hydrogen-bond donors (Lipinski definition) is 1. The Hall–Kier alpha value is -2.13. The Labute approximate surface area is 127 Å². The minimum absolute atomic E-state index is 0.0896. The lowest BCUT2D eigenvalue weighted by Crippen LogP contribution is -2.39. The summed E-state index contributed by atoms with van der Waals surface area (Å²) in [5, 5.41) is 3.92. The van der Waals surface area contributed by atoms with Crippen LogP contribution in [-0.4, -0.2) is 42.1 Å². The van der Waals surface area contributed by atoms with Crippen LogP contribution in [0.4, 0.5) is 0 Å². The van der Waals surface area contributed by atoms with Crippen molar-refractivity contribution in [3.8, 4) is 0 Å². The molecule has 2 atom stereocenters. The third kappa shape index (κ3) is 2.42. The molecule has 1 saturated heterocycles. The molecule has 0 aromatic carbocycles. The zero-order chi connectivity index (χ0) is 15.9. The second kappa shape index (κ2) is 5.25. The first-order valence-electron chi connectivity index (χ1n) is 6.69. The molecule has 0 saturated carbocycles. The largest absolute Gasteiger partial charge is 0.452 e. The Morgan fingerprint density at radius 1 is 1.36 bits per heavy atom. The van der Waals surface area contributed by atoms with Gasteiger partial charge in [0.15, 0.2) is 0 Å². The average molecular weight is 324 g/mol. The number of sulfonamides is 1. The van der Waals surface area contributed by atoms with Crippen LogP contribution < -0.4 is 4.72 Å². The van der Waals surface area contributed by atoms with Gasteiger partial charge in [0.05, 0.1) is 24.0 Å². The van der Waals surface area contributed by atoms with Crippen molar-refractivity contribution < 1.29 is 17.6 Å². The van der Waals surface area contributed by atoms with Crippen molar-refractivity contribution in [2.45, 2.75) is 23.6 Å². The number of hydrogen-bond acceptors (Lipinski definition) is 5. The maximum atomic E-state index is 12.3. The van der Waals surface area contributed by atoms with Crippen LogP contribution in [0.1, 0.15) is 18.2 Å². The molecule has 2 aromatic rings. The van der Waals surface area contributed by atoms with E-state index >= 15 is 0 Å². The number of likely N-dealkylation sites (N-methyl/N-ethyl adjacent to an activating group) is 1. The highest BCUT2D eigenvalue weighted by molar-refractivity contribution is 7.89. The normalized spacial score (nSPS) is 22.5. The number of rotatable bonds is 4. The van der Waals surface area contributed by atoms with Gasteiger partial charge in [0, 0.05) is 26.7 Å². The standard InChI is InChI=1S/C13H16N4O4S/c1-16-11(18)8-9(13(16)10-5-6-14-17(10)2)15-22(19,20)12-4-3-7-21-12/h3-7,9,13,15H,8H2,1-2H3/t9-,13-/m1/s1. The van der Waals surface area contributed by atoms with Crippen molar-refractivity contribution in [1.82, 2.24) is 19.4 Å². The number of likely N-dealkylation sites (tertiary alicyclic amines) is 1. The summed E-state index contributed by atoms with van der Waals surface area (Å²) in [4.78, 5) is 13.5. The second-order valence-electron chi connectivity index (χ2n) is 5.19. The molecule has 1 aliphatic rings. The Kier molecular flexibility index (Phi) is 3.53. The van der Waals surface area contributed by atoms with Gasteiger partial charge in [-0.1, -0.05) is 0 Å². The van der Waals surface area contributed by atoms with Gasteiger partial charge in [0.25, 0.3) is 10.0 Å². The Morgan fingerprint density at radius 2 is 2.14 bits per heavy atom. The van der Waals surface area contributed by atoms with Crippen LogP contribution in [-0.2, 0) is 21.9 Å². The molecule has 0 aliphatic carbocycles. The fraction of sp³-hybridized carbons (Fsp3) is 0.385. The lowest BCUT2D eigenvalue weighted by Gasteiger charge is -2.25. The summed E-state index contributed by atoms with van der Waals surface area (Å²) in [6.45, 7) is 0. The van der Waals surface area contributed by atoms with Crippen LogP contribution in [0.5, 0.6) is 0 Å². The van der Waals surface area contributed by atoms with Crippen molar-refractivity contribution in [1.29, 1.82) is 0 Å². The quantitative estimate of drug-likeness (QED) is 0.870. The molecule has 0 spiro atoms. The maximum Gasteiger partial charge on any atom is 0.274 e. The summed E-state index contributed by atoms with van der Waals surface area (Å²) in [5.74, 6) is -0.127. The molecule has 22 heavy (non-hydrogen) atoms. The van der Waals surface area contributed by atoms with E-state index in [-0.39, 0.29) is 17.4 Å². The first kappa shape index (κ1) is 14.8. The van der Waals surface area contributed by atoms with Crippen LogP contribution >= 0.6 is 0 Å². The Morgan fingerprint density at radius 3 is 2.73 bits per heavy atom. The maximum absolute atomic E-state index is 12.3. The third-order valence-corrected chi connectivity index (χ3v) is 5.19. The van der Waals surface area contributed by atoms with Gasteiger partial charge in [-0.2, -0.15) is 5.10 Å². The van der Waals surface area contributed by atoms with Crippen molar-refractivity contribution in [3.63, 3.8) is 0 Å². The van der Waals surface area contributed by atoms with E-state index in [1.807, 2.05) is 0 Å². The summed E-state index contributed by atoms with van der Waals surface area (Å²) in [6.07, 6.45) is 3.00. The SMILES string of the molecule is CN1C(=O)C[C@@H](NS(=O)(=O)c2ccco2)[C@@H]1c1ccnn1C. The topological polar surface area (TPSA) is 97.4 Å². The highest BCUT2D eigenvalue weighted by Gasteiger charge is 2.42. The number of furan rings is 1. The van der Waals surface area contributed by atoms with Crippen molar-refractivity contribution in [3.05, 3.63) is 36.4 Å². The van der Waals surface area contributed by atoms with Gasteiger partial charge in [0.1, 0.15) is 0 Å². The molecule has 0 bridgehead atoms. The number of amides is 1. The molecule has 0 unspecified atom stereocenters. The molecule has 8 nitrogen and oxygen atoms in total. The zero-order valence-corrected chi connectivity index (χ0v) is 12.9. The first-order valence-corrected chi connectivity index (χ1v) is 8.18. The highest BCUT2D eigenvalue weighted by atomic mass is 32.2. The van der Waals surface area contributed by atoms with Gasteiger partial charge >= 0.3 is 0 Å². The monoisotopic (exact) mass is 324 g/mol. The third-order valence-electron chi connectivity index (χ3n) is 3.81. The summed E-state index contributed by atoms with van der Waals surface area (Å²) < 4.78 is 33.7. The molecule has 1 aliphatic heterocycles. The van der Waals surface area contributed by atoms with E-state index in [2.05, 4.69) is 9.82 Å². The molecular formula is C13H16N4O4S. The molecule has 1 N–H and O–H groups in total. The van der Waals surface area contributed by atoms with Crippen molar-refractivity contribution in [2.24, 2.45) is 7.05 Å². The lowest BCUT2D eigenvalue weighted by atomic mass is 10.1. The summed E-state index contributed by atoms with van der Waals surface area (Å²) >= 11 is 0. The van der Waals surface area contributed by atoms with Crippen LogP contribution in [0.25, 0.3) is 0 Å². The van der Waals surface area contributed by atoms with Gasteiger partial charge in [-0.15, -0.1) is 0 Å². The molecular weight excluding hydrogens is 308 g/mol. The summed E-state index contributed by atoms with van der Waals surface area (Å²) in [5.41, 5.74) is 0.764. The molecule has 1 amide bonds. The summed E-state index contributed by atoms with van der Waals surface area (Å²) in [6, 6.07) is 3.64. The average Bonchev–Trinajstić information content (AvgIpc) is 3.14. The highest BCUT2D eigenvalue weighted by Crippen LogP contribution is 2.32. The van der Waals surface area contributed by atoms with E-state index in [1.165, 1.54) is 23.3 Å². The number of carbonyl (C=O) groups is 1. The number of aryl methyl sites for hydroxylation is 1. The number of carbonyl (C=O) groups excluding carboxylic acids is 1. The van der Waals surface area contributed by atoms with Gasteiger partial charge in [-0.25, -0.2) is 13.1 Å². The van der Waals surface area contributed by atoms with Crippen LogP contribution in [0.3, 0.4) is 0 Å². The van der Waals surface area contributed by atoms with Gasteiger partial charge in [0.2, 0.25) is 11.0 Å². The number of aromatic nitrogens is 2. The lowest BCUT2D eigenvalue weighted by molar-refractivity contribution is -0.127. The van der Waals surface area contributed by atoms with Gasteiger partial charge in [-0.05, 0) is 18.2 Å². The van der Waals surface area contributed by atoms with Crippen molar-refractivity contribution in [2.75, 3.05) is 7.05 Å². The van der Waals surface area contributed by atoms with E-state index in [1.54, 1.807) is 31.0 Å². The predicted molar refractivity (Wildman–Crippen MR) is 76.2 cm³/mol. The zero-order valence-electron chi connectivity index (χ0n) is 12.1.